The van der Waals surface area contributed by atoms with Crippen LogP contribution >= 0.6 is 24.0 Å². The number of hydrogen-bond acceptors (Lipinski definition) is 5. The van der Waals surface area contributed by atoms with Crippen LogP contribution < -0.4 is 20.7 Å². The Hall–Kier alpha value is -2.34. The number of guanidine groups is 1. The molecule has 0 aliphatic carbocycles. The second-order valence-electron chi connectivity index (χ2n) is 6.78. The Labute approximate surface area is 194 Å². The average Bonchev–Trinajstić information content (AvgIpc) is 3.16. The Kier molecular flexibility index (Phi) is 10.6. The number of nitrogens with zero attached hydrogens (tertiary/aromatic N) is 3. The van der Waals surface area contributed by atoms with E-state index in [9.17, 15) is 9.90 Å². The quantitative estimate of drug-likeness (QED) is 0.168. The highest BCUT2D eigenvalue weighted by Gasteiger charge is 2.24. The molecule has 0 radical (unpaired) electrons. The van der Waals surface area contributed by atoms with Gasteiger partial charge in [0, 0.05) is 44.0 Å². The van der Waals surface area contributed by atoms with E-state index in [1.807, 2.05) is 6.92 Å². The maximum absolute atomic E-state index is 12.2. The number of hydrogen-bond donors (Lipinski definition) is 4. The van der Waals surface area contributed by atoms with Crippen LogP contribution in [0, 0.1) is 0 Å². The van der Waals surface area contributed by atoms with Crippen molar-refractivity contribution >= 4 is 35.8 Å². The third-order valence-electron chi connectivity index (χ3n) is 4.27. The van der Waals surface area contributed by atoms with E-state index in [0.29, 0.717) is 42.5 Å². The molecular weight excluding hydrogens is 499 g/mol. The van der Waals surface area contributed by atoms with Gasteiger partial charge in [-0.1, -0.05) is 0 Å². The van der Waals surface area contributed by atoms with Gasteiger partial charge >= 0.3 is 0 Å². The van der Waals surface area contributed by atoms with Gasteiger partial charge in [-0.3, -0.25) is 9.48 Å². The molecule has 2 rings (SSSR count). The van der Waals surface area contributed by atoms with E-state index in [0.717, 1.165) is 0 Å². The zero-order valence-corrected chi connectivity index (χ0v) is 20.1. The minimum absolute atomic E-state index is 0. The van der Waals surface area contributed by atoms with Gasteiger partial charge in [0.05, 0.1) is 19.9 Å². The number of ether oxygens (including phenoxy) is 1. The van der Waals surface area contributed by atoms with Gasteiger partial charge in [0.1, 0.15) is 11.4 Å². The largest absolute Gasteiger partial charge is 0.497 e. The van der Waals surface area contributed by atoms with Crippen LogP contribution in [0.1, 0.15) is 29.8 Å². The molecule has 0 spiro atoms. The summed E-state index contributed by atoms with van der Waals surface area (Å²) in [5.41, 5.74) is 0.143. The number of carbonyl (C=O) groups is 1. The SMILES string of the molecule is CCNC(=NCC(C)(O)c1cnn(C)c1)NCCNC(=O)c1ccc(OC)cc1.I. The molecule has 1 heterocycles. The summed E-state index contributed by atoms with van der Waals surface area (Å²) in [6.07, 6.45) is 3.40. The fraction of sp³-hybridized carbons (Fsp3) is 0.450. The van der Waals surface area contributed by atoms with Gasteiger partial charge in [0.2, 0.25) is 0 Å². The van der Waals surface area contributed by atoms with Gasteiger partial charge in [0.25, 0.3) is 5.91 Å². The first-order valence-corrected chi connectivity index (χ1v) is 9.51. The molecule has 2 aromatic rings. The third kappa shape index (κ3) is 7.82. The normalized spacial score (nSPS) is 13.0. The molecule has 166 valence electrons. The monoisotopic (exact) mass is 530 g/mol. The fourth-order valence-corrected chi connectivity index (χ4v) is 2.57. The summed E-state index contributed by atoms with van der Waals surface area (Å²) >= 11 is 0. The lowest BCUT2D eigenvalue weighted by Gasteiger charge is -2.20. The summed E-state index contributed by atoms with van der Waals surface area (Å²) < 4.78 is 6.73. The number of aliphatic hydroxyl groups is 1. The molecule has 10 heteroatoms. The molecule has 9 nitrogen and oxygen atoms in total. The van der Waals surface area contributed by atoms with Crippen LogP contribution in [0.2, 0.25) is 0 Å². The Balaban J connectivity index is 0.00000450. The number of carbonyl (C=O) groups excluding carboxylic acids is 1. The number of amides is 1. The zero-order valence-electron chi connectivity index (χ0n) is 17.8. The molecule has 30 heavy (non-hydrogen) atoms. The van der Waals surface area contributed by atoms with Crippen LogP contribution in [0.15, 0.2) is 41.7 Å². The number of aryl methyl sites for hydroxylation is 1. The van der Waals surface area contributed by atoms with Crippen LogP contribution in [-0.4, -0.2) is 60.0 Å². The topological polar surface area (TPSA) is 113 Å². The highest BCUT2D eigenvalue weighted by Crippen LogP contribution is 2.19. The minimum Gasteiger partial charge on any atom is -0.497 e. The lowest BCUT2D eigenvalue weighted by atomic mass is 10.0. The van der Waals surface area contributed by atoms with E-state index in [-0.39, 0.29) is 36.4 Å². The first-order chi connectivity index (χ1) is 13.9. The number of aromatic nitrogens is 2. The fourth-order valence-electron chi connectivity index (χ4n) is 2.57. The molecule has 1 amide bonds. The van der Waals surface area contributed by atoms with Crippen molar-refractivity contribution in [2.75, 3.05) is 33.3 Å². The van der Waals surface area contributed by atoms with Crippen molar-refractivity contribution in [1.29, 1.82) is 0 Å². The maximum Gasteiger partial charge on any atom is 0.251 e. The van der Waals surface area contributed by atoms with Crippen LogP contribution in [0.3, 0.4) is 0 Å². The number of methoxy groups -OCH3 is 1. The molecule has 0 saturated heterocycles. The number of nitrogens with one attached hydrogen (secondary N) is 3. The first-order valence-electron chi connectivity index (χ1n) is 9.51. The Morgan fingerprint density at radius 2 is 1.90 bits per heavy atom. The van der Waals surface area contributed by atoms with Gasteiger partial charge in [-0.2, -0.15) is 5.10 Å². The van der Waals surface area contributed by atoms with Crippen LogP contribution in [0.25, 0.3) is 0 Å². The van der Waals surface area contributed by atoms with Crippen molar-refractivity contribution in [3.8, 4) is 5.75 Å². The molecule has 0 bridgehead atoms. The smallest absolute Gasteiger partial charge is 0.251 e. The summed E-state index contributed by atoms with van der Waals surface area (Å²) in [6.45, 7) is 5.43. The van der Waals surface area contributed by atoms with E-state index in [1.165, 1.54) is 0 Å². The lowest BCUT2D eigenvalue weighted by Crippen LogP contribution is -2.42. The van der Waals surface area contributed by atoms with Gasteiger partial charge in [-0.25, -0.2) is 4.99 Å². The molecular formula is C20H31IN6O3. The summed E-state index contributed by atoms with van der Waals surface area (Å²) in [5.74, 6) is 1.11. The van der Waals surface area contributed by atoms with Crippen molar-refractivity contribution in [3.05, 3.63) is 47.8 Å². The van der Waals surface area contributed by atoms with Gasteiger partial charge in [0.15, 0.2) is 5.96 Å². The Morgan fingerprint density at radius 1 is 1.23 bits per heavy atom. The molecule has 0 aliphatic rings. The summed E-state index contributed by atoms with van der Waals surface area (Å²) in [6, 6.07) is 6.93. The molecule has 0 saturated carbocycles. The van der Waals surface area contributed by atoms with E-state index in [4.69, 9.17) is 4.74 Å². The molecule has 1 aromatic heterocycles. The number of halogens is 1. The summed E-state index contributed by atoms with van der Waals surface area (Å²) in [5, 5.41) is 23.9. The second-order valence-corrected chi connectivity index (χ2v) is 6.78. The molecule has 4 N–H and O–H groups in total. The first kappa shape index (κ1) is 25.7. The zero-order chi connectivity index (χ0) is 21.3. The van der Waals surface area contributed by atoms with Gasteiger partial charge in [-0.05, 0) is 38.1 Å². The summed E-state index contributed by atoms with van der Waals surface area (Å²) in [4.78, 5) is 16.6. The van der Waals surface area contributed by atoms with E-state index in [1.54, 1.807) is 62.4 Å². The second kappa shape index (κ2) is 12.4. The molecule has 1 unspecified atom stereocenters. The van der Waals surface area contributed by atoms with Gasteiger partial charge in [-0.15, -0.1) is 24.0 Å². The Bertz CT molecular complexity index is 820. The predicted octanol–water partition coefficient (Wildman–Crippen LogP) is 1.24. The molecule has 0 aliphatic heterocycles. The minimum atomic E-state index is -1.13. The average molecular weight is 530 g/mol. The molecule has 0 fully saturated rings. The van der Waals surface area contributed by atoms with Crippen LogP contribution in [-0.2, 0) is 12.6 Å². The van der Waals surface area contributed by atoms with Crippen LogP contribution in [0.4, 0.5) is 0 Å². The van der Waals surface area contributed by atoms with Crippen molar-refractivity contribution < 1.29 is 14.6 Å². The Morgan fingerprint density at radius 3 is 2.47 bits per heavy atom. The predicted molar refractivity (Wildman–Crippen MR) is 128 cm³/mol. The highest BCUT2D eigenvalue weighted by atomic mass is 127. The number of aliphatic imine (C=N–C) groups is 1. The number of benzene rings is 1. The van der Waals surface area contributed by atoms with Crippen molar-refractivity contribution in [2.24, 2.45) is 12.0 Å². The molecule has 1 aromatic carbocycles. The van der Waals surface area contributed by atoms with Crippen molar-refractivity contribution in [1.82, 2.24) is 25.7 Å². The summed E-state index contributed by atoms with van der Waals surface area (Å²) in [7, 11) is 3.38. The van der Waals surface area contributed by atoms with E-state index < -0.39 is 5.60 Å². The standard InChI is InChI=1S/C20H30N6O3.HI/c1-5-21-19(24-14-20(2,28)16-12-25-26(3)13-16)23-11-10-22-18(27)15-6-8-17(29-4)9-7-15;/h6-9,12-13,28H,5,10-11,14H2,1-4H3,(H,22,27)(H2,21,23,24);1H. The molecule has 1 atom stereocenters. The highest BCUT2D eigenvalue weighted by molar-refractivity contribution is 14.0. The maximum atomic E-state index is 12.2. The van der Waals surface area contributed by atoms with E-state index >= 15 is 0 Å². The third-order valence-corrected chi connectivity index (χ3v) is 4.27. The van der Waals surface area contributed by atoms with Gasteiger partial charge < -0.3 is 25.8 Å². The van der Waals surface area contributed by atoms with Crippen molar-refractivity contribution in [3.63, 3.8) is 0 Å². The van der Waals surface area contributed by atoms with E-state index in [2.05, 4.69) is 26.0 Å². The van der Waals surface area contributed by atoms with Crippen LogP contribution in [0.5, 0.6) is 5.75 Å². The van der Waals surface area contributed by atoms with Crippen molar-refractivity contribution in [2.45, 2.75) is 19.4 Å². The number of rotatable bonds is 9. The lowest BCUT2D eigenvalue weighted by molar-refractivity contribution is 0.0672.